The minimum atomic E-state index is -0.160. The number of ether oxygens (including phenoxy) is 3. The van der Waals surface area contributed by atoms with E-state index in [-0.39, 0.29) is 11.3 Å². The summed E-state index contributed by atoms with van der Waals surface area (Å²) in [5, 5.41) is 4.65. The third kappa shape index (κ3) is 3.16. The van der Waals surface area contributed by atoms with Gasteiger partial charge in [-0.15, -0.1) is 0 Å². The van der Waals surface area contributed by atoms with Crippen LogP contribution in [-0.4, -0.2) is 36.0 Å². The standard InChI is InChI=1S/C22H21N3O5/c1-12-6-7-16-14(8-12)19(26)15(11-25(16)2)22-23-21(24-30-22)13-9-17(27-3)20(29-5)18(10-13)28-4/h6-11H,1-5H3. The number of aromatic nitrogens is 3. The lowest BCUT2D eigenvalue weighted by molar-refractivity contribution is 0.324. The number of nitrogens with zero attached hydrogens (tertiary/aromatic N) is 3. The van der Waals surface area contributed by atoms with E-state index in [0.717, 1.165) is 11.1 Å². The Balaban J connectivity index is 1.85. The van der Waals surface area contributed by atoms with Crippen LogP contribution in [0.1, 0.15) is 5.56 Å². The molecule has 8 nitrogen and oxygen atoms in total. The van der Waals surface area contributed by atoms with Gasteiger partial charge in [0.25, 0.3) is 5.89 Å². The molecule has 0 unspecified atom stereocenters. The van der Waals surface area contributed by atoms with Crippen LogP contribution in [0.5, 0.6) is 17.2 Å². The van der Waals surface area contributed by atoms with Gasteiger partial charge < -0.3 is 23.3 Å². The summed E-state index contributed by atoms with van der Waals surface area (Å²) in [4.78, 5) is 17.5. The van der Waals surface area contributed by atoms with E-state index in [0.29, 0.717) is 39.6 Å². The topological polar surface area (TPSA) is 88.6 Å². The summed E-state index contributed by atoms with van der Waals surface area (Å²) in [6.45, 7) is 1.95. The van der Waals surface area contributed by atoms with Crippen LogP contribution >= 0.6 is 0 Å². The molecule has 4 rings (SSSR count). The highest BCUT2D eigenvalue weighted by molar-refractivity contribution is 5.83. The number of methoxy groups -OCH3 is 3. The van der Waals surface area contributed by atoms with Gasteiger partial charge in [-0.25, -0.2) is 0 Å². The highest BCUT2D eigenvalue weighted by atomic mass is 16.5. The fourth-order valence-electron chi connectivity index (χ4n) is 3.42. The summed E-state index contributed by atoms with van der Waals surface area (Å²) in [6, 6.07) is 9.19. The molecule has 0 amide bonds. The van der Waals surface area contributed by atoms with Gasteiger partial charge in [-0.2, -0.15) is 4.98 Å². The quantitative estimate of drug-likeness (QED) is 0.499. The van der Waals surface area contributed by atoms with Crippen molar-refractivity contribution in [1.29, 1.82) is 0 Å². The molecule has 0 radical (unpaired) electrons. The zero-order chi connectivity index (χ0) is 21.4. The largest absolute Gasteiger partial charge is 0.493 e. The van der Waals surface area contributed by atoms with Crippen molar-refractivity contribution in [3.63, 3.8) is 0 Å². The summed E-state index contributed by atoms with van der Waals surface area (Å²) in [6.07, 6.45) is 1.70. The Morgan fingerprint density at radius 3 is 2.33 bits per heavy atom. The maximum atomic E-state index is 13.1. The predicted molar refractivity (Wildman–Crippen MR) is 112 cm³/mol. The van der Waals surface area contributed by atoms with E-state index in [2.05, 4.69) is 10.1 Å². The Kier molecular flexibility index (Phi) is 4.91. The zero-order valence-electron chi connectivity index (χ0n) is 17.3. The molecule has 0 fully saturated rings. The van der Waals surface area contributed by atoms with Crippen molar-refractivity contribution >= 4 is 10.9 Å². The van der Waals surface area contributed by atoms with Crippen LogP contribution in [0.25, 0.3) is 33.7 Å². The van der Waals surface area contributed by atoms with E-state index in [4.69, 9.17) is 18.7 Å². The van der Waals surface area contributed by atoms with E-state index in [1.165, 1.54) is 21.3 Å². The molecule has 0 N–H and O–H groups in total. The summed E-state index contributed by atoms with van der Waals surface area (Å²) in [5.74, 6) is 1.84. The Morgan fingerprint density at radius 2 is 1.70 bits per heavy atom. The molecule has 0 aliphatic heterocycles. The van der Waals surface area contributed by atoms with Gasteiger partial charge in [-0.3, -0.25) is 4.79 Å². The van der Waals surface area contributed by atoms with Crippen molar-refractivity contribution in [3.05, 3.63) is 52.3 Å². The Hall–Kier alpha value is -3.81. The highest BCUT2D eigenvalue weighted by Gasteiger charge is 2.20. The molecule has 30 heavy (non-hydrogen) atoms. The first-order valence-electron chi connectivity index (χ1n) is 9.21. The van der Waals surface area contributed by atoms with Gasteiger partial charge in [-0.1, -0.05) is 16.8 Å². The predicted octanol–water partition coefficient (Wildman–Crippen LogP) is 3.59. The Labute approximate surface area is 172 Å². The first kappa shape index (κ1) is 19.5. The van der Waals surface area contributed by atoms with Gasteiger partial charge >= 0.3 is 0 Å². The normalized spacial score (nSPS) is 11.0. The summed E-state index contributed by atoms with van der Waals surface area (Å²) in [7, 11) is 6.47. The monoisotopic (exact) mass is 407 g/mol. The SMILES string of the molecule is COc1cc(-c2noc(-c3cn(C)c4ccc(C)cc4c3=O)n2)cc(OC)c1OC. The molecule has 8 heteroatoms. The zero-order valence-corrected chi connectivity index (χ0v) is 17.3. The lowest BCUT2D eigenvalue weighted by Crippen LogP contribution is -2.10. The molecule has 0 aliphatic rings. The molecule has 0 spiro atoms. The summed E-state index contributed by atoms with van der Waals surface area (Å²) in [5.41, 5.74) is 2.61. The van der Waals surface area contributed by atoms with Crippen LogP contribution in [0.4, 0.5) is 0 Å². The first-order chi connectivity index (χ1) is 14.5. The van der Waals surface area contributed by atoms with E-state index in [1.807, 2.05) is 36.7 Å². The van der Waals surface area contributed by atoms with Gasteiger partial charge in [0.15, 0.2) is 11.5 Å². The second kappa shape index (κ2) is 7.55. The maximum Gasteiger partial charge on any atom is 0.263 e. The fourth-order valence-corrected chi connectivity index (χ4v) is 3.42. The summed E-state index contributed by atoms with van der Waals surface area (Å²) >= 11 is 0. The molecule has 2 aromatic carbocycles. The number of pyridine rings is 1. The van der Waals surface area contributed by atoms with Crippen molar-refractivity contribution < 1.29 is 18.7 Å². The van der Waals surface area contributed by atoms with Crippen molar-refractivity contribution in [3.8, 4) is 40.1 Å². The van der Waals surface area contributed by atoms with Crippen LogP contribution in [-0.2, 0) is 7.05 Å². The molecule has 2 aromatic heterocycles. The van der Waals surface area contributed by atoms with E-state index >= 15 is 0 Å². The number of hydrogen-bond donors (Lipinski definition) is 0. The van der Waals surface area contributed by atoms with Gasteiger partial charge in [0.2, 0.25) is 17.0 Å². The number of benzene rings is 2. The molecule has 0 saturated carbocycles. The lowest BCUT2D eigenvalue weighted by atomic mass is 10.1. The molecule has 0 atom stereocenters. The molecule has 0 bridgehead atoms. The fraction of sp³-hybridized carbons (Fsp3) is 0.227. The maximum absolute atomic E-state index is 13.1. The molecule has 154 valence electrons. The average molecular weight is 407 g/mol. The van der Waals surface area contributed by atoms with Crippen molar-refractivity contribution in [2.75, 3.05) is 21.3 Å². The molecular formula is C22H21N3O5. The minimum absolute atomic E-state index is 0.141. The third-order valence-electron chi connectivity index (χ3n) is 4.92. The first-order valence-corrected chi connectivity index (χ1v) is 9.21. The van der Waals surface area contributed by atoms with E-state index < -0.39 is 0 Å². The van der Waals surface area contributed by atoms with Crippen LogP contribution in [0.2, 0.25) is 0 Å². The van der Waals surface area contributed by atoms with Crippen LogP contribution in [0.3, 0.4) is 0 Å². The minimum Gasteiger partial charge on any atom is -0.493 e. The Morgan fingerprint density at radius 1 is 1.00 bits per heavy atom. The lowest BCUT2D eigenvalue weighted by Gasteiger charge is -2.12. The van der Waals surface area contributed by atoms with Crippen LogP contribution < -0.4 is 19.6 Å². The van der Waals surface area contributed by atoms with Gasteiger partial charge in [0, 0.05) is 24.2 Å². The third-order valence-corrected chi connectivity index (χ3v) is 4.92. The smallest absolute Gasteiger partial charge is 0.263 e. The van der Waals surface area contributed by atoms with Gasteiger partial charge in [0.05, 0.1) is 26.8 Å². The molecule has 4 aromatic rings. The van der Waals surface area contributed by atoms with Crippen molar-refractivity contribution in [2.45, 2.75) is 6.92 Å². The van der Waals surface area contributed by atoms with Crippen molar-refractivity contribution in [1.82, 2.24) is 14.7 Å². The van der Waals surface area contributed by atoms with Crippen LogP contribution in [0, 0.1) is 6.92 Å². The average Bonchev–Trinajstić information content (AvgIpc) is 3.25. The molecule has 2 heterocycles. The molecule has 0 aliphatic carbocycles. The number of hydrogen-bond acceptors (Lipinski definition) is 7. The number of fused-ring (bicyclic) bond motifs is 1. The molecular weight excluding hydrogens is 386 g/mol. The highest BCUT2D eigenvalue weighted by Crippen LogP contribution is 2.40. The van der Waals surface area contributed by atoms with Gasteiger partial charge in [0.1, 0.15) is 5.56 Å². The van der Waals surface area contributed by atoms with E-state index in [9.17, 15) is 4.79 Å². The Bertz CT molecular complexity index is 1280. The van der Waals surface area contributed by atoms with Gasteiger partial charge in [-0.05, 0) is 31.2 Å². The number of aryl methyl sites for hydroxylation is 2. The number of rotatable bonds is 5. The second-order valence-electron chi connectivity index (χ2n) is 6.84. The molecule has 0 saturated heterocycles. The summed E-state index contributed by atoms with van der Waals surface area (Å²) < 4.78 is 23.4. The van der Waals surface area contributed by atoms with E-state index in [1.54, 1.807) is 18.3 Å². The van der Waals surface area contributed by atoms with Crippen LogP contribution in [0.15, 0.2) is 45.8 Å². The second-order valence-corrected chi connectivity index (χ2v) is 6.84. The van der Waals surface area contributed by atoms with Crippen molar-refractivity contribution in [2.24, 2.45) is 7.05 Å².